The summed E-state index contributed by atoms with van der Waals surface area (Å²) in [6, 6.07) is 13.9. The van der Waals surface area contributed by atoms with Gasteiger partial charge in [0.15, 0.2) is 10.2 Å². The Morgan fingerprint density at radius 1 is 0.900 bits per heavy atom. The van der Waals surface area contributed by atoms with Gasteiger partial charge in [-0.15, -0.1) is 0 Å². The maximum atomic E-state index is 12.4. The van der Waals surface area contributed by atoms with Crippen molar-refractivity contribution < 1.29 is 14.3 Å². The summed E-state index contributed by atoms with van der Waals surface area (Å²) >= 11 is 10.2. The fourth-order valence-electron chi connectivity index (χ4n) is 2.30. The molecule has 4 N–H and O–H groups in total. The van der Waals surface area contributed by atoms with Crippen molar-refractivity contribution >= 4 is 57.8 Å². The fraction of sp³-hybridized carbons (Fsp3) is 0.238. The monoisotopic (exact) mass is 444 g/mol. The predicted octanol–water partition coefficient (Wildman–Crippen LogP) is 3.82. The van der Waals surface area contributed by atoms with Crippen molar-refractivity contribution in [1.82, 2.24) is 10.6 Å². The first-order chi connectivity index (χ1) is 14.3. The number of nitrogens with one attached hydrogen (secondary N) is 4. The maximum Gasteiger partial charge on any atom is 0.257 e. The lowest BCUT2D eigenvalue weighted by molar-refractivity contribution is -0.117. The van der Waals surface area contributed by atoms with Gasteiger partial charge in [0.2, 0.25) is 5.91 Å². The zero-order valence-corrected chi connectivity index (χ0v) is 18.6. The molecule has 2 aromatic carbocycles. The highest BCUT2D eigenvalue weighted by Gasteiger charge is 2.09. The second-order valence-electron chi connectivity index (χ2n) is 6.48. The van der Waals surface area contributed by atoms with E-state index in [0.717, 1.165) is 6.42 Å². The van der Waals surface area contributed by atoms with Crippen LogP contribution in [0, 0.1) is 0 Å². The number of carbonyl (C=O) groups excluding carboxylic acids is 2. The number of thiocarbonyl (C=S) groups is 2. The van der Waals surface area contributed by atoms with Crippen molar-refractivity contribution in [3.63, 3.8) is 0 Å². The second-order valence-corrected chi connectivity index (χ2v) is 7.30. The van der Waals surface area contributed by atoms with Crippen LogP contribution in [0.15, 0.2) is 48.5 Å². The van der Waals surface area contributed by atoms with Crippen LogP contribution in [-0.4, -0.2) is 28.1 Å². The highest BCUT2D eigenvalue weighted by atomic mass is 32.1. The minimum absolute atomic E-state index is 0.115. The van der Waals surface area contributed by atoms with E-state index >= 15 is 0 Å². The van der Waals surface area contributed by atoms with Gasteiger partial charge in [-0.2, -0.15) is 0 Å². The van der Waals surface area contributed by atoms with Gasteiger partial charge in [0.25, 0.3) is 5.91 Å². The van der Waals surface area contributed by atoms with Gasteiger partial charge in [0, 0.05) is 23.9 Å². The van der Waals surface area contributed by atoms with E-state index in [1.165, 1.54) is 6.92 Å². The number of ether oxygens (including phenoxy) is 1. The molecular weight excluding hydrogens is 420 g/mol. The Morgan fingerprint density at radius 3 is 1.87 bits per heavy atom. The van der Waals surface area contributed by atoms with Crippen LogP contribution >= 0.6 is 24.4 Å². The molecule has 0 aromatic heterocycles. The SMILES string of the molecule is CC[C@H](C)Oc1ccc(C(=O)NC(=S)Nc2ccc(NC(=S)NC(C)=O)cc2)cc1. The van der Waals surface area contributed by atoms with E-state index in [1.54, 1.807) is 48.5 Å². The Morgan fingerprint density at radius 2 is 1.40 bits per heavy atom. The van der Waals surface area contributed by atoms with Crippen LogP contribution in [0.1, 0.15) is 37.6 Å². The molecular formula is C21H24N4O3S2. The topological polar surface area (TPSA) is 91.5 Å². The number of carbonyl (C=O) groups is 2. The van der Waals surface area contributed by atoms with Crippen molar-refractivity contribution in [3.05, 3.63) is 54.1 Å². The molecule has 0 aliphatic rings. The minimum Gasteiger partial charge on any atom is -0.491 e. The number of benzene rings is 2. The normalized spacial score (nSPS) is 11.0. The van der Waals surface area contributed by atoms with Crippen LogP contribution < -0.4 is 26.0 Å². The van der Waals surface area contributed by atoms with Crippen LogP contribution in [0.3, 0.4) is 0 Å². The minimum atomic E-state index is -0.318. The van der Waals surface area contributed by atoms with Crippen molar-refractivity contribution in [2.45, 2.75) is 33.3 Å². The third-order valence-corrected chi connectivity index (χ3v) is 4.35. The molecule has 0 saturated heterocycles. The smallest absolute Gasteiger partial charge is 0.257 e. The molecule has 0 bridgehead atoms. The Kier molecular flexibility index (Phi) is 8.70. The third-order valence-electron chi connectivity index (χ3n) is 3.95. The summed E-state index contributed by atoms with van der Waals surface area (Å²) in [5, 5.41) is 11.3. The Bertz CT molecular complexity index is 915. The van der Waals surface area contributed by atoms with Crippen molar-refractivity contribution in [2.24, 2.45) is 0 Å². The number of hydrogen-bond donors (Lipinski definition) is 4. The van der Waals surface area contributed by atoms with Gasteiger partial charge in [0.05, 0.1) is 6.10 Å². The predicted molar refractivity (Wildman–Crippen MR) is 127 cm³/mol. The average Bonchev–Trinajstić information content (AvgIpc) is 2.69. The van der Waals surface area contributed by atoms with Gasteiger partial charge >= 0.3 is 0 Å². The zero-order valence-electron chi connectivity index (χ0n) is 16.9. The van der Waals surface area contributed by atoms with E-state index < -0.39 is 0 Å². The third kappa shape index (κ3) is 7.76. The average molecular weight is 445 g/mol. The molecule has 0 fully saturated rings. The van der Waals surface area contributed by atoms with E-state index in [0.29, 0.717) is 22.7 Å². The molecule has 9 heteroatoms. The molecule has 0 radical (unpaired) electrons. The largest absolute Gasteiger partial charge is 0.491 e. The summed E-state index contributed by atoms with van der Waals surface area (Å²) < 4.78 is 5.71. The second kappa shape index (κ2) is 11.2. The van der Waals surface area contributed by atoms with Gasteiger partial charge in [0.1, 0.15) is 5.75 Å². The molecule has 2 aromatic rings. The highest BCUT2D eigenvalue weighted by Crippen LogP contribution is 2.16. The molecule has 7 nitrogen and oxygen atoms in total. The standard InChI is InChI=1S/C21H24N4O3S2/c1-4-13(2)28-18-11-5-15(6-12-18)19(27)25-21(30)24-17-9-7-16(8-10-17)23-20(29)22-14(3)26/h5-13H,4H2,1-3H3,(H2,22,23,26,29)(H2,24,25,27,30)/t13-/m0/s1. The van der Waals surface area contributed by atoms with Gasteiger partial charge in [-0.25, -0.2) is 0 Å². The summed E-state index contributed by atoms with van der Waals surface area (Å²) in [6.45, 7) is 5.42. The summed E-state index contributed by atoms with van der Waals surface area (Å²) in [7, 11) is 0. The summed E-state index contributed by atoms with van der Waals surface area (Å²) in [5.41, 5.74) is 1.87. The van der Waals surface area contributed by atoms with Gasteiger partial charge < -0.3 is 20.7 Å². The molecule has 30 heavy (non-hydrogen) atoms. The van der Waals surface area contributed by atoms with Crippen molar-refractivity contribution in [2.75, 3.05) is 10.6 Å². The zero-order chi connectivity index (χ0) is 22.1. The molecule has 0 heterocycles. The van der Waals surface area contributed by atoms with E-state index in [9.17, 15) is 9.59 Å². The molecule has 1 atom stereocenters. The van der Waals surface area contributed by atoms with Crippen molar-refractivity contribution in [1.29, 1.82) is 0 Å². The molecule has 158 valence electrons. The van der Waals surface area contributed by atoms with Crippen molar-refractivity contribution in [3.8, 4) is 5.75 Å². The van der Waals surface area contributed by atoms with Crippen LogP contribution in [0.25, 0.3) is 0 Å². The molecule has 0 spiro atoms. The first-order valence-electron chi connectivity index (χ1n) is 9.34. The van der Waals surface area contributed by atoms with E-state index in [-0.39, 0.29) is 28.1 Å². The van der Waals surface area contributed by atoms with Crippen LogP contribution in [0.2, 0.25) is 0 Å². The summed E-state index contributed by atoms with van der Waals surface area (Å²) in [6.07, 6.45) is 1.02. The quantitative estimate of drug-likeness (QED) is 0.504. The van der Waals surface area contributed by atoms with Gasteiger partial charge in [-0.3, -0.25) is 14.9 Å². The van der Waals surface area contributed by atoms with Gasteiger partial charge in [-0.05, 0) is 86.3 Å². The molecule has 0 saturated carbocycles. The Balaban J connectivity index is 1.86. The first-order valence-corrected chi connectivity index (χ1v) is 10.2. The molecule has 2 rings (SSSR count). The van der Waals surface area contributed by atoms with Crippen LogP contribution in [0.5, 0.6) is 5.75 Å². The highest BCUT2D eigenvalue weighted by molar-refractivity contribution is 7.80. The van der Waals surface area contributed by atoms with E-state index in [1.807, 2.05) is 13.8 Å². The lowest BCUT2D eigenvalue weighted by Gasteiger charge is -2.13. The fourth-order valence-corrected chi connectivity index (χ4v) is 2.77. The van der Waals surface area contributed by atoms with Crippen LogP contribution in [0.4, 0.5) is 11.4 Å². The Labute approximate surface area is 186 Å². The lowest BCUT2D eigenvalue weighted by atomic mass is 10.2. The number of anilines is 2. The molecule has 2 amide bonds. The molecule has 0 aliphatic heterocycles. The van der Waals surface area contributed by atoms with E-state index in [2.05, 4.69) is 21.3 Å². The number of rotatable bonds is 6. The summed E-state index contributed by atoms with van der Waals surface area (Å²) in [5.74, 6) is 0.152. The van der Waals surface area contributed by atoms with Crippen LogP contribution in [-0.2, 0) is 4.79 Å². The first kappa shape index (κ1) is 23.2. The van der Waals surface area contributed by atoms with Gasteiger partial charge in [-0.1, -0.05) is 6.92 Å². The number of hydrogen-bond acceptors (Lipinski definition) is 5. The lowest BCUT2D eigenvalue weighted by Crippen LogP contribution is -2.34. The summed E-state index contributed by atoms with van der Waals surface area (Å²) in [4.78, 5) is 23.3. The Hall–Kier alpha value is -3.04. The number of amides is 2. The maximum absolute atomic E-state index is 12.4. The molecule has 0 unspecified atom stereocenters. The molecule has 0 aliphatic carbocycles. The van der Waals surface area contributed by atoms with E-state index in [4.69, 9.17) is 29.2 Å².